The van der Waals surface area contributed by atoms with Crippen molar-refractivity contribution in [3.8, 4) is 5.69 Å². The molecule has 2 N–H and O–H groups in total. The van der Waals surface area contributed by atoms with E-state index in [2.05, 4.69) is 15.3 Å². The van der Waals surface area contributed by atoms with Crippen LogP contribution in [0.4, 0.5) is 10.1 Å². The van der Waals surface area contributed by atoms with Crippen molar-refractivity contribution in [1.82, 2.24) is 19.5 Å². The van der Waals surface area contributed by atoms with Gasteiger partial charge in [0.2, 0.25) is 0 Å². The number of halogens is 1. The average Bonchev–Trinajstić information content (AvgIpc) is 3.27. The molecule has 3 aromatic heterocycles. The summed E-state index contributed by atoms with van der Waals surface area (Å²) >= 11 is 0. The van der Waals surface area contributed by atoms with Crippen LogP contribution in [0.2, 0.25) is 0 Å². The Morgan fingerprint density at radius 1 is 1.10 bits per heavy atom. The Bertz CT molecular complexity index is 1440. The van der Waals surface area contributed by atoms with Gasteiger partial charge in [0, 0.05) is 23.5 Å². The Morgan fingerprint density at radius 2 is 1.94 bits per heavy atom. The molecule has 154 valence electrons. The van der Waals surface area contributed by atoms with Gasteiger partial charge in [0.05, 0.1) is 17.2 Å². The second kappa shape index (κ2) is 7.68. The number of rotatable bonds is 5. The molecule has 0 bridgehead atoms. The summed E-state index contributed by atoms with van der Waals surface area (Å²) in [5, 5.41) is 4.45. The second-order valence-corrected chi connectivity index (χ2v) is 7.28. The summed E-state index contributed by atoms with van der Waals surface area (Å²) in [5.41, 5.74) is 2.21. The molecule has 0 saturated heterocycles. The van der Waals surface area contributed by atoms with Crippen molar-refractivity contribution in [1.29, 1.82) is 0 Å². The van der Waals surface area contributed by atoms with Gasteiger partial charge in [-0.2, -0.15) is 0 Å². The van der Waals surface area contributed by atoms with E-state index in [1.54, 1.807) is 18.3 Å². The van der Waals surface area contributed by atoms with Crippen molar-refractivity contribution >= 4 is 27.6 Å². The van der Waals surface area contributed by atoms with Crippen molar-refractivity contribution in [2.24, 2.45) is 0 Å². The Kier molecular flexibility index (Phi) is 4.71. The van der Waals surface area contributed by atoms with Gasteiger partial charge in [-0.25, -0.2) is 14.4 Å². The van der Waals surface area contributed by atoms with Crippen LogP contribution in [0.3, 0.4) is 0 Å². The lowest BCUT2D eigenvalue weighted by atomic mass is 10.1. The fourth-order valence-corrected chi connectivity index (χ4v) is 3.89. The van der Waals surface area contributed by atoms with Crippen molar-refractivity contribution in [2.75, 3.05) is 5.32 Å². The third-order valence-corrected chi connectivity index (χ3v) is 5.40. The Hall–Kier alpha value is -4.00. The van der Waals surface area contributed by atoms with Crippen molar-refractivity contribution in [2.45, 2.75) is 19.4 Å². The average molecular weight is 413 g/mol. The van der Waals surface area contributed by atoms with Crippen molar-refractivity contribution in [3.05, 3.63) is 95.1 Å². The van der Waals surface area contributed by atoms with Gasteiger partial charge in [0.25, 0.3) is 5.56 Å². The SMILES string of the molecule is CC[C@H](Nc1ccnc2[nH]ccc12)c1nc2cccc(F)c2c(=O)n1-c1ccccc1. The number of nitrogens with one attached hydrogen (secondary N) is 2. The molecule has 0 fully saturated rings. The predicted molar refractivity (Wildman–Crippen MR) is 120 cm³/mol. The van der Waals surface area contributed by atoms with E-state index in [0.29, 0.717) is 23.4 Å². The molecule has 0 aliphatic rings. The Labute approximate surface area is 177 Å². The molecule has 1 atom stereocenters. The highest BCUT2D eigenvalue weighted by atomic mass is 19.1. The zero-order valence-corrected chi connectivity index (χ0v) is 16.8. The Morgan fingerprint density at radius 3 is 2.74 bits per heavy atom. The summed E-state index contributed by atoms with van der Waals surface area (Å²) in [6.45, 7) is 2.02. The first kappa shape index (κ1) is 19.0. The minimum absolute atomic E-state index is 0.0121. The summed E-state index contributed by atoms with van der Waals surface area (Å²) in [5.74, 6) is -0.0484. The number of para-hydroxylation sites is 1. The molecule has 0 aliphatic heterocycles. The third-order valence-electron chi connectivity index (χ3n) is 5.40. The van der Waals surface area contributed by atoms with Crippen LogP contribution in [0, 0.1) is 5.82 Å². The number of aromatic nitrogens is 4. The van der Waals surface area contributed by atoms with E-state index in [-0.39, 0.29) is 11.4 Å². The van der Waals surface area contributed by atoms with Gasteiger partial charge in [-0.3, -0.25) is 9.36 Å². The standard InChI is InChI=1S/C24H20FN5O/c1-2-18(28-19-12-14-27-22-16(19)11-13-26-22)23-29-20-10-6-9-17(25)21(20)24(31)30(23)15-7-4-3-5-8-15/h3-14,18H,2H2,1H3,(H2,26,27,28)/t18-/m0/s1. The smallest absolute Gasteiger partial charge is 0.269 e. The highest BCUT2D eigenvalue weighted by Crippen LogP contribution is 2.28. The van der Waals surface area contributed by atoms with E-state index in [1.807, 2.05) is 55.6 Å². The normalized spacial score (nSPS) is 12.3. The number of benzene rings is 2. The van der Waals surface area contributed by atoms with Crippen LogP contribution in [0.5, 0.6) is 0 Å². The molecular formula is C24H20FN5O. The van der Waals surface area contributed by atoms with E-state index in [0.717, 1.165) is 16.7 Å². The fourth-order valence-electron chi connectivity index (χ4n) is 3.89. The highest BCUT2D eigenvalue weighted by Gasteiger charge is 2.22. The maximum absolute atomic E-state index is 14.6. The third kappa shape index (κ3) is 3.24. The minimum Gasteiger partial charge on any atom is -0.375 e. The van der Waals surface area contributed by atoms with Crippen LogP contribution in [0.25, 0.3) is 27.6 Å². The molecule has 2 aromatic carbocycles. The van der Waals surface area contributed by atoms with Crippen molar-refractivity contribution < 1.29 is 4.39 Å². The lowest BCUT2D eigenvalue weighted by Gasteiger charge is -2.23. The molecule has 6 nitrogen and oxygen atoms in total. The number of anilines is 1. The topological polar surface area (TPSA) is 75.6 Å². The summed E-state index contributed by atoms with van der Waals surface area (Å²) < 4.78 is 16.1. The van der Waals surface area contributed by atoms with Gasteiger partial charge in [0.1, 0.15) is 22.7 Å². The van der Waals surface area contributed by atoms with E-state index < -0.39 is 11.4 Å². The van der Waals surface area contributed by atoms with Gasteiger partial charge < -0.3 is 10.3 Å². The number of fused-ring (bicyclic) bond motifs is 2. The number of pyridine rings is 1. The lowest BCUT2D eigenvalue weighted by molar-refractivity contribution is 0.630. The molecule has 0 unspecified atom stereocenters. The molecule has 31 heavy (non-hydrogen) atoms. The van der Waals surface area contributed by atoms with Crippen molar-refractivity contribution in [3.63, 3.8) is 0 Å². The van der Waals surface area contributed by atoms with Crippen LogP contribution in [0.15, 0.2) is 77.9 Å². The quantitative estimate of drug-likeness (QED) is 0.427. The number of nitrogens with zero attached hydrogens (tertiary/aromatic N) is 3. The number of H-pyrrole nitrogens is 1. The van der Waals surface area contributed by atoms with Crippen LogP contribution < -0.4 is 10.9 Å². The summed E-state index contributed by atoms with van der Waals surface area (Å²) in [6, 6.07) is 17.3. The Balaban J connectivity index is 1.74. The highest BCUT2D eigenvalue weighted by molar-refractivity contribution is 5.89. The lowest BCUT2D eigenvalue weighted by Crippen LogP contribution is -2.28. The zero-order chi connectivity index (χ0) is 21.4. The molecule has 5 rings (SSSR count). The molecule has 0 radical (unpaired) electrons. The maximum Gasteiger partial charge on any atom is 0.269 e. The van der Waals surface area contributed by atoms with Gasteiger partial charge in [0.15, 0.2) is 0 Å². The maximum atomic E-state index is 14.6. The molecule has 0 saturated carbocycles. The van der Waals surface area contributed by atoms with Gasteiger partial charge in [-0.1, -0.05) is 31.2 Å². The van der Waals surface area contributed by atoms with Gasteiger partial charge in [-0.15, -0.1) is 0 Å². The molecule has 7 heteroatoms. The molecule has 0 amide bonds. The van der Waals surface area contributed by atoms with Crippen LogP contribution in [0.1, 0.15) is 25.2 Å². The summed E-state index contributed by atoms with van der Waals surface area (Å²) in [4.78, 5) is 25.6. The van der Waals surface area contributed by atoms with E-state index in [9.17, 15) is 9.18 Å². The van der Waals surface area contributed by atoms with Gasteiger partial charge in [-0.05, 0) is 42.8 Å². The minimum atomic E-state index is -0.574. The monoisotopic (exact) mass is 413 g/mol. The molecule has 3 heterocycles. The van der Waals surface area contributed by atoms with Crippen LogP contribution in [-0.4, -0.2) is 19.5 Å². The molecular weight excluding hydrogens is 393 g/mol. The van der Waals surface area contributed by atoms with E-state index >= 15 is 0 Å². The second-order valence-electron chi connectivity index (χ2n) is 7.28. The fraction of sp³-hybridized carbons (Fsp3) is 0.125. The first-order valence-electron chi connectivity index (χ1n) is 10.1. The van der Waals surface area contributed by atoms with E-state index in [4.69, 9.17) is 4.98 Å². The van der Waals surface area contributed by atoms with Gasteiger partial charge >= 0.3 is 0 Å². The number of aromatic amines is 1. The van der Waals surface area contributed by atoms with Crippen LogP contribution >= 0.6 is 0 Å². The predicted octanol–water partition coefficient (Wildman–Crippen LogP) is 4.96. The number of hydrogen-bond acceptors (Lipinski definition) is 4. The largest absolute Gasteiger partial charge is 0.375 e. The molecule has 0 aliphatic carbocycles. The summed E-state index contributed by atoms with van der Waals surface area (Å²) in [7, 11) is 0. The van der Waals surface area contributed by atoms with Crippen LogP contribution in [-0.2, 0) is 0 Å². The first-order chi connectivity index (χ1) is 15.2. The summed E-state index contributed by atoms with van der Waals surface area (Å²) in [6.07, 6.45) is 4.22. The molecule has 0 spiro atoms. The molecule has 5 aromatic rings. The first-order valence-corrected chi connectivity index (χ1v) is 10.1. The van der Waals surface area contributed by atoms with E-state index in [1.165, 1.54) is 10.6 Å². The zero-order valence-electron chi connectivity index (χ0n) is 16.8. The number of hydrogen-bond donors (Lipinski definition) is 2.